The SMILES string of the molecule is CC(C)NC(=O)N(C)CC(=O)N1N=C(c2cccs2)C[C@H]1c1ccc(F)cc1. The molecule has 1 aromatic carbocycles. The predicted octanol–water partition coefficient (Wildman–Crippen LogP) is 3.61. The maximum atomic E-state index is 13.3. The fraction of sp³-hybridized carbons (Fsp3) is 0.350. The second kappa shape index (κ2) is 8.52. The topological polar surface area (TPSA) is 65.0 Å². The third-order valence-electron chi connectivity index (χ3n) is 4.36. The third-order valence-corrected chi connectivity index (χ3v) is 5.28. The number of nitrogens with one attached hydrogen (secondary N) is 1. The number of hydrogen-bond acceptors (Lipinski definition) is 4. The lowest BCUT2D eigenvalue weighted by atomic mass is 10.0. The first-order chi connectivity index (χ1) is 13.3. The minimum atomic E-state index is -0.330. The molecule has 0 radical (unpaired) electrons. The standard InChI is InChI=1S/C20H23FN4O2S/c1-13(2)22-20(27)24(3)12-19(26)25-17(14-6-8-15(21)9-7-14)11-16(23-25)18-5-4-10-28-18/h4-10,13,17H,11-12H2,1-3H3,(H,22,27)/t17-/m0/s1. The van der Waals surface area contributed by atoms with Crippen LogP contribution >= 0.6 is 11.3 Å². The molecule has 0 unspecified atom stereocenters. The Kier molecular flexibility index (Phi) is 6.08. The van der Waals surface area contributed by atoms with Gasteiger partial charge in [0.15, 0.2) is 0 Å². The summed E-state index contributed by atoms with van der Waals surface area (Å²) in [5, 5.41) is 10.7. The Hall–Kier alpha value is -2.74. The van der Waals surface area contributed by atoms with Crippen LogP contribution in [0.25, 0.3) is 0 Å². The highest BCUT2D eigenvalue weighted by Crippen LogP contribution is 2.33. The van der Waals surface area contributed by atoms with Crippen LogP contribution in [0.1, 0.15) is 36.8 Å². The van der Waals surface area contributed by atoms with E-state index in [1.807, 2.05) is 31.4 Å². The lowest BCUT2D eigenvalue weighted by Crippen LogP contribution is -2.45. The maximum Gasteiger partial charge on any atom is 0.317 e. The molecule has 0 saturated heterocycles. The van der Waals surface area contributed by atoms with Crippen LogP contribution in [0.5, 0.6) is 0 Å². The van der Waals surface area contributed by atoms with Gasteiger partial charge in [-0.15, -0.1) is 11.3 Å². The third kappa shape index (κ3) is 4.56. The van der Waals surface area contributed by atoms with Crippen LogP contribution in [0, 0.1) is 5.82 Å². The highest BCUT2D eigenvalue weighted by Gasteiger charge is 2.34. The van der Waals surface area contributed by atoms with E-state index < -0.39 is 0 Å². The van der Waals surface area contributed by atoms with E-state index in [-0.39, 0.29) is 36.4 Å². The fourth-order valence-corrected chi connectivity index (χ4v) is 3.70. The van der Waals surface area contributed by atoms with Crippen molar-refractivity contribution >= 4 is 29.0 Å². The van der Waals surface area contributed by atoms with Gasteiger partial charge in [-0.25, -0.2) is 14.2 Å². The van der Waals surface area contributed by atoms with Crippen molar-refractivity contribution in [2.24, 2.45) is 5.10 Å². The van der Waals surface area contributed by atoms with Crippen LogP contribution in [0.4, 0.5) is 9.18 Å². The number of likely N-dealkylation sites (N-methyl/N-ethyl adjacent to an activating group) is 1. The number of carbonyl (C=O) groups excluding carboxylic acids is 2. The second-order valence-corrected chi connectivity index (χ2v) is 7.94. The van der Waals surface area contributed by atoms with Gasteiger partial charge in [0.05, 0.1) is 16.6 Å². The van der Waals surface area contributed by atoms with Crippen molar-refractivity contribution in [1.29, 1.82) is 0 Å². The van der Waals surface area contributed by atoms with Gasteiger partial charge in [0, 0.05) is 19.5 Å². The number of halogens is 1. The Balaban J connectivity index is 1.81. The van der Waals surface area contributed by atoms with E-state index in [0.717, 1.165) is 16.2 Å². The summed E-state index contributed by atoms with van der Waals surface area (Å²) in [6, 6.07) is 9.32. The van der Waals surface area contributed by atoms with Crippen LogP contribution in [0.15, 0.2) is 46.9 Å². The lowest BCUT2D eigenvalue weighted by Gasteiger charge is -2.25. The molecule has 28 heavy (non-hydrogen) atoms. The normalized spacial score (nSPS) is 16.2. The largest absolute Gasteiger partial charge is 0.336 e. The number of nitrogens with zero attached hydrogens (tertiary/aromatic N) is 3. The highest BCUT2D eigenvalue weighted by atomic mass is 32.1. The second-order valence-electron chi connectivity index (χ2n) is 6.99. The molecule has 0 bridgehead atoms. The number of urea groups is 1. The van der Waals surface area contributed by atoms with Crippen molar-refractivity contribution in [3.8, 4) is 0 Å². The van der Waals surface area contributed by atoms with Crippen LogP contribution in [-0.4, -0.2) is 47.2 Å². The maximum absolute atomic E-state index is 13.3. The molecule has 3 amide bonds. The zero-order valence-electron chi connectivity index (χ0n) is 16.1. The summed E-state index contributed by atoms with van der Waals surface area (Å²) in [5.41, 5.74) is 1.62. The number of amides is 3. The highest BCUT2D eigenvalue weighted by molar-refractivity contribution is 7.12. The molecule has 8 heteroatoms. The molecule has 148 valence electrons. The summed E-state index contributed by atoms with van der Waals surface area (Å²) in [6.45, 7) is 3.61. The average molecular weight is 402 g/mol. The molecule has 3 rings (SSSR count). The lowest BCUT2D eigenvalue weighted by molar-refractivity contribution is -0.133. The Morgan fingerprint density at radius 2 is 2.04 bits per heavy atom. The smallest absolute Gasteiger partial charge is 0.317 e. The van der Waals surface area contributed by atoms with Crippen LogP contribution in [0.2, 0.25) is 0 Å². The van der Waals surface area contributed by atoms with E-state index in [1.165, 1.54) is 22.0 Å². The van der Waals surface area contributed by atoms with E-state index in [0.29, 0.717) is 6.42 Å². The van der Waals surface area contributed by atoms with Gasteiger partial charge in [0.25, 0.3) is 5.91 Å². The van der Waals surface area contributed by atoms with E-state index in [1.54, 1.807) is 30.5 Å². The van der Waals surface area contributed by atoms with E-state index in [4.69, 9.17) is 0 Å². The minimum Gasteiger partial charge on any atom is -0.336 e. The van der Waals surface area contributed by atoms with Crippen molar-refractivity contribution in [3.05, 3.63) is 58.0 Å². The van der Waals surface area contributed by atoms with Crippen molar-refractivity contribution in [2.75, 3.05) is 13.6 Å². The van der Waals surface area contributed by atoms with E-state index >= 15 is 0 Å². The Morgan fingerprint density at radius 1 is 1.32 bits per heavy atom. The van der Waals surface area contributed by atoms with Gasteiger partial charge in [-0.05, 0) is 43.0 Å². The van der Waals surface area contributed by atoms with Gasteiger partial charge in [-0.1, -0.05) is 18.2 Å². The summed E-state index contributed by atoms with van der Waals surface area (Å²) < 4.78 is 13.3. The molecule has 0 spiro atoms. The first-order valence-corrected chi connectivity index (χ1v) is 9.93. The number of hydrazone groups is 1. The number of thiophene rings is 1. The first kappa shape index (κ1) is 20.0. The summed E-state index contributed by atoms with van der Waals surface area (Å²) in [5.74, 6) is -0.619. The summed E-state index contributed by atoms with van der Waals surface area (Å²) in [7, 11) is 1.57. The summed E-state index contributed by atoms with van der Waals surface area (Å²) in [6.07, 6.45) is 0.541. The monoisotopic (exact) mass is 402 g/mol. The number of benzene rings is 1. The van der Waals surface area contributed by atoms with Gasteiger partial charge < -0.3 is 10.2 Å². The molecule has 1 atom stereocenters. The zero-order chi connectivity index (χ0) is 20.3. The summed E-state index contributed by atoms with van der Waals surface area (Å²) in [4.78, 5) is 27.4. The quantitative estimate of drug-likeness (QED) is 0.830. The average Bonchev–Trinajstić information content (AvgIpc) is 3.31. The van der Waals surface area contributed by atoms with Crippen LogP contribution in [0.3, 0.4) is 0 Å². The van der Waals surface area contributed by atoms with Gasteiger partial charge in [0.1, 0.15) is 12.4 Å². The first-order valence-electron chi connectivity index (χ1n) is 9.05. The van der Waals surface area contributed by atoms with Crippen molar-refractivity contribution in [1.82, 2.24) is 15.2 Å². The molecule has 0 fully saturated rings. The molecule has 0 aliphatic carbocycles. The molecule has 2 heterocycles. The fourth-order valence-electron chi connectivity index (χ4n) is 2.98. The number of carbonyl (C=O) groups is 2. The predicted molar refractivity (Wildman–Crippen MR) is 108 cm³/mol. The Morgan fingerprint density at radius 3 is 2.64 bits per heavy atom. The van der Waals surface area contributed by atoms with Gasteiger partial charge in [0.2, 0.25) is 0 Å². The molecular weight excluding hydrogens is 379 g/mol. The zero-order valence-corrected chi connectivity index (χ0v) is 16.9. The number of rotatable bonds is 5. The van der Waals surface area contributed by atoms with Crippen molar-refractivity contribution in [2.45, 2.75) is 32.4 Å². The summed E-state index contributed by atoms with van der Waals surface area (Å²) >= 11 is 1.56. The molecule has 1 N–H and O–H groups in total. The van der Waals surface area contributed by atoms with Crippen molar-refractivity contribution in [3.63, 3.8) is 0 Å². The molecular formula is C20H23FN4O2S. The molecule has 0 saturated carbocycles. The van der Waals surface area contributed by atoms with Gasteiger partial charge in [-0.3, -0.25) is 4.79 Å². The minimum absolute atomic E-state index is 0.0211. The van der Waals surface area contributed by atoms with Crippen molar-refractivity contribution < 1.29 is 14.0 Å². The molecule has 2 aromatic rings. The molecule has 1 aromatic heterocycles. The van der Waals surface area contributed by atoms with Crippen LogP contribution < -0.4 is 5.32 Å². The Bertz CT molecular complexity index is 865. The van der Waals surface area contributed by atoms with Gasteiger partial charge >= 0.3 is 6.03 Å². The molecule has 6 nitrogen and oxygen atoms in total. The van der Waals surface area contributed by atoms with E-state index in [9.17, 15) is 14.0 Å². The molecule has 1 aliphatic heterocycles. The Labute approximate surface area is 167 Å². The molecule has 1 aliphatic rings. The van der Waals surface area contributed by atoms with E-state index in [2.05, 4.69) is 10.4 Å². The van der Waals surface area contributed by atoms with Gasteiger partial charge in [-0.2, -0.15) is 5.10 Å². The van der Waals surface area contributed by atoms with Crippen LogP contribution in [-0.2, 0) is 4.79 Å². The number of hydrogen-bond donors (Lipinski definition) is 1.